The number of carbonyl (C=O) groups excluding carboxylic acids is 1. The van der Waals surface area contributed by atoms with E-state index in [1.54, 1.807) is 6.07 Å². The van der Waals surface area contributed by atoms with Gasteiger partial charge in [0, 0.05) is 37.6 Å². The standard InChI is InChI=1S/C23H31N5O/c1-17-9-13-27(14-10-17)20-5-3-19(4-6-20)24-22-8-7-21(25-26-22)23(29)28-15-11-18(2)12-16-28/h3-8,17-18H,9-16H2,1-2H3,(H,24,26). The zero-order chi connectivity index (χ0) is 20.2. The highest BCUT2D eigenvalue weighted by Gasteiger charge is 2.22. The molecule has 1 aromatic carbocycles. The number of nitrogens with zero attached hydrogens (tertiary/aromatic N) is 4. The molecule has 1 N–H and O–H groups in total. The molecule has 2 aliphatic rings. The molecule has 3 heterocycles. The third-order valence-electron chi connectivity index (χ3n) is 6.24. The lowest BCUT2D eigenvalue weighted by Gasteiger charge is -2.32. The largest absolute Gasteiger partial charge is 0.372 e. The van der Waals surface area contributed by atoms with Crippen LogP contribution in [0.15, 0.2) is 36.4 Å². The van der Waals surface area contributed by atoms with Crippen LogP contribution in [0.25, 0.3) is 0 Å². The molecule has 2 saturated heterocycles. The van der Waals surface area contributed by atoms with Gasteiger partial charge >= 0.3 is 0 Å². The number of amides is 1. The van der Waals surface area contributed by atoms with Crippen molar-refractivity contribution in [2.45, 2.75) is 39.5 Å². The Labute approximate surface area is 173 Å². The zero-order valence-corrected chi connectivity index (χ0v) is 17.5. The van der Waals surface area contributed by atoms with Gasteiger partial charge in [-0.2, -0.15) is 0 Å². The van der Waals surface area contributed by atoms with Crippen LogP contribution in [0.1, 0.15) is 50.0 Å². The van der Waals surface area contributed by atoms with Crippen molar-refractivity contribution in [1.82, 2.24) is 15.1 Å². The van der Waals surface area contributed by atoms with Gasteiger partial charge in [-0.05, 0) is 73.9 Å². The predicted octanol–water partition coefficient (Wildman–Crippen LogP) is 4.33. The van der Waals surface area contributed by atoms with Crippen molar-refractivity contribution in [2.24, 2.45) is 11.8 Å². The molecule has 2 aromatic rings. The first-order chi connectivity index (χ1) is 14.1. The van der Waals surface area contributed by atoms with Crippen molar-refractivity contribution in [3.8, 4) is 0 Å². The monoisotopic (exact) mass is 393 g/mol. The van der Waals surface area contributed by atoms with Crippen LogP contribution >= 0.6 is 0 Å². The molecule has 0 saturated carbocycles. The van der Waals surface area contributed by atoms with Gasteiger partial charge in [-0.15, -0.1) is 10.2 Å². The Hall–Kier alpha value is -2.63. The molecule has 0 atom stereocenters. The van der Waals surface area contributed by atoms with E-state index in [0.717, 1.165) is 50.6 Å². The Morgan fingerprint density at radius 3 is 2.07 bits per heavy atom. The summed E-state index contributed by atoms with van der Waals surface area (Å²) in [6, 6.07) is 12.0. The van der Waals surface area contributed by atoms with E-state index in [-0.39, 0.29) is 5.91 Å². The van der Waals surface area contributed by atoms with Crippen molar-refractivity contribution in [3.63, 3.8) is 0 Å². The maximum absolute atomic E-state index is 12.6. The minimum absolute atomic E-state index is 0.0175. The van der Waals surface area contributed by atoms with Crippen LogP contribution in [-0.4, -0.2) is 47.2 Å². The molecule has 1 amide bonds. The first kappa shape index (κ1) is 19.7. The van der Waals surface area contributed by atoms with Crippen LogP contribution in [-0.2, 0) is 0 Å². The molecule has 6 heteroatoms. The molecule has 154 valence electrons. The van der Waals surface area contributed by atoms with E-state index in [1.165, 1.54) is 18.5 Å². The molecule has 0 bridgehead atoms. The summed E-state index contributed by atoms with van der Waals surface area (Å²) in [5.74, 6) is 2.16. The molecule has 0 radical (unpaired) electrons. The van der Waals surface area contributed by atoms with Crippen LogP contribution < -0.4 is 10.2 Å². The van der Waals surface area contributed by atoms with Gasteiger partial charge in [0.25, 0.3) is 5.91 Å². The number of anilines is 3. The molecule has 2 aliphatic heterocycles. The average Bonchev–Trinajstić information content (AvgIpc) is 2.76. The molecule has 0 unspecified atom stereocenters. The number of hydrogen-bond acceptors (Lipinski definition) is 5. The Morgan fingerprint density at radius 1 is 0.862 bits per heavy atom. The second-order valence-corrected chi connectivity index (χ2v) is 8.62. The molecular weight excluding hydrogens is 362 g/mol. The number of carbonyl (C=O) groups is 1. The van der Waals surface area contributed by atoms with Crippen LogP contribution in [0.4, 0.5) is 17.2 Å². The second kappa shape index (κ2) is 8.80. The first-order valence-corrected chi connectivity index (χ1v) is 10.8. The van der Waals surface area contributed by atoms with Gasteiger partial charge in [0.15, 0.2) is 11.5 Å². The van der Waals surface area contributed by atoms with Crippen molar-refractivity contribution in [1.29, 1.82) is 0 Å². The van der Waals surface area contributed by atoms with Gasteiger partial charge in [-0.3, -0.25) is 4.79 Å². The van der Waals surface area contributed by atoms with E-state index in [0.29, 0.717) is 17.4 Å². The van der Waals surface area contributed by atoms with Crippen molar-refractivity contribution >= 4 is 23.1 Å². The summed E-state index contributed by atoms with van der Waals surface area (Å²) in [4.78, 5) is 16.9. The van der Waals surface area contributed by atoms with Crippen molar-refractivity contribution in [2.75, 3.05) is 36.4 Å². The van der Waals surface area contributed by atoms with E-state index in [2.05, 4.69) is 58.5 Å². The van der Waals surface area contributed by atoms with E-state index < -0.39 is 0 Å². The van der Waals surface area contributed by atoms with Crippen LogP contribution in [0.5, 0.6) is 0 Å². The summed E-state index contributed by atoms with van der Waals surface area (Å²) in [5.41, 5.74) is 2.66. The number of likely N-dealkylation sites (tertiary alicyclic amines) is 1. The van der Waals surface area contributed by atoms with Gasteiger partial charge in [-0.25, -0.2) is 0 Å². The highest BCUT2D eigenvalue weighted by atomic mass is 16.2. The molecule has 0 aliphatic carbocycles. The van der Waals surface area contributed by atoms with Crippen LogP contribution in [0, 0.1) is 11.8 Å². The summed E-state index contributed by atoms with van der Waals surface area (Å²) < 4.78 is 0. The Bertz CT molecular complexity index is 804. The fourth-order valence-corrected chi connectivity index (χ4v) is 4.06. The van der Waals surface area contributed by atoms with Gasteiger partial charge in [0.05, 0.1) is 0 Å². The molecular formula is C23H31N5O. The Balaban J connectivity index is 1.34. The SMILES string of the molecule is CC1CCN(C(=O)c2ccc(Nc3ccc(N4CCC(C)CC4)cc3)nn2)CC1. The lowest BCUT2D eigenvalue weighted by Crippen LogP contribution is -2.38. The van der Waals surface area contributed by atoms with Crippen molar-refractivity contribution in [3.05, 3.63) is 42.1 Å². The van der Waals surface area contributed by atoms with Crippen molar-refractivity contribution < 1.29 is 4.79 Å². The number of piperidine rings is 2. The number of rotatable bonds is 4. The summed E-state index contributed by atoms with van der Waals surface area (Å²) in [7, 11) is 0. The quantitative estimate of drug-likeness (QED) is 0.838. The summed E-state index contributed by atoms with van der Waals surface area (Å²) in [5, 5.41) is 11.6. The maximum atomic E-state index is 12.6. The normalized spacial score (nSPS) is 18.7. The zero-order valence-electron chi connectivity index (χ0n) is 17.5. The third-order valence-corrected chi connectivity index (χ3v) is 6.24. The maximum Gasteiger partial charge on any atom is 0.274 e. The van der Waals surface area contributed by atoms with E-state index in [9.17, 15) is 4.79 Å². The summed E-state index contributed by atoms with van der Waals surface area (Å²) in [6.07, 6.45) is 4.64. The fraction of sp³-hybridized carbons (Fsp3) is 0.522. The molecule has 4 rings (SSSR count). The molecule has 0 spiro atoms. The summed E-state index contributed by atoms with van der Waals surface area (Å²) in [6.45, 7) is 8.45. The lowest BCUT2D eigenvalue weighted by atomic mass is 9.99. The third kappa shape index (κ3) is 4.86. The van der Waals surface area contributed by atoms with Crippen LogP contribution in [0.2, 0.25) is 0 Å². The average molecular weight is 394 g/mol. The van der Waals surface area contributed by atoms with Gasteiger partial charge in [0.1, 0.15) is 0 Å². The smallest absolute Gasteiger partial charge is 0.274 e. The van der Waals surface area contributed by atoms with E-state index >= 15 is 0 Å². The van der Waals surface area contributed by atoms with E-state index in [1.807, 2.05) is 11.0 Å². The number of hydrogen-bond donors (Lipinski definition) is 1. The predicted molar refractivity (Wildman–Crippen MR) is 117 cm³/mol. The lowest BCUT2D eigenvalue weighted by molar-refractivity contribution is 0.0690. The molecule has 6 nitrogen and oxygen atoms in total. The fourth-order valence-electron chi connectivity index (χ4n) is 4.06. The van der Waals surface area contributed by atoms with Gasteiger partial charge < -0.3 is 15.1 Å². The van der Waals surface area contributed by atoms with Crippen LogP contribution in [0.3, 0.4) is 0 Å². The summed E-state index contributed by atoms with van der Waals surface area (Å²) >= 11 is 0. The first-order valence-electron chi connectivity index (χ1n) is 10.8. The Morgan fingerprint density at radius 2 is 1.48 bits per heavy atom. The highest BCUT2D eigenvalue weighted by molar-refractivity contribution is 5.92. The van der Waals surface area contributed by atoms with E-state index in [4.69, 9.17) is 0 Å². The van der Waals surface area contributed by atoms with Gasteiger partial charge in [-0.1, -0.05) is 13.8 Å². The number of benzene rings is 1. The Kier molecular flexibility index (Phi) is 5.97. The number of aromatic nitrogens is 2. The number of nitrogens with one attached hydrogen (secondary N) is 1. The topological polar surface area (TPSA) is 61.4 Å². The molecule has 2 fully saturated rings. The minimum atomic E-state index is -0.0175. The minimum Gasteiger partial charge on any atom is -0.372 e. The van der Waals surface area contributed by atoms with Gasteiger partial charge in [0.2, 0.25) is 0 Å². The highest BCUT2D eigenvalue weighted by Crippen LogP contribution is 2.25. The second-order valence-electron chi connectivity index (χ2n) is 8.62. The molecule has 1 aromatic heterocycles. The molecule has 29 heavy (non-hydrogen) atoms.